The fraction of sp³-hybridized carbons (Fsp3) is 0.500. The Balaban J connectivity index is 1.78. The highest BCUT2D eigenvalue weighted by atomic mass is 32.2. The molecule has 4 rings (SSSR count). The molecule has 29 heavy (non-hydrogen) atoms. The summed E-state index contributed by atoms with van der Waals surface area (Å²) in [7, 11) is -3.81. The number of sulfonamides is 1. The molecule has 156 valence electrons. The Kier molecular flexibility index (Phi) is 5.12. The summed E-state index contributed by atoms with van der Waals surface area (Å²) in [6, 6.07) is 5.96. The first kappa shape index (κ1) is 19.9. The van der Waals surface area contributed by atoms with Crippen molar-refractivity contribution in [2.45, 2.75) is 63.4 Å². The molecule has 0 amide bonds. The smallest absolute Gasteiger partial charge is 0.408 e. The average molecular weight is 420 g/mol. The van der Waals surface area contributed by atoms with E-state index in [9.17, 15) is 13.2 Å². The maximum atomic E-state index is 13.5. The molecular weight excluding hydrogens is 394 g/mol. The lowest BCUT2D eigenvalue weighted by molar-refractivity contribution is 0.304. The van der Waals surface area contributed by atoms with Crippen molar-refractivity contribution in [1.82, 2.24) is 14.0 Å². The quantitative estimate of drug-likeness (QED) is 0.638. The van der Waals surface area contributed by atoms with Crippen molar-refractivity contribution in [2.24, 2.45) is 0 Å². The van der Waals surface area contributed by atoms with Crippen LogP contribution in [0.1, 0.15) is 63.1 Å². The van der Waals surface area contributed by atoms with Gasteiger partial charge in [-0.1, -0.05) is 18.0 Å². The highest BCUT2D eigenvalue weighted by Crippen LogP contribution is 2.35. The van der Waals surface area contributed by atoms with Crippen LogP contribution < -0.4 is 5.76 Å². The molecule has 1 saturated heterocycles. The maximum absolute atomic E-state index is 13.5. The molecule has 3 heterocycles. The van der Waals surface area contributed by atoms with Gasteiger partial charge < -0.3 is 8.94 Å². The van der Waals surface area contributed by atoms with Crippen molar-refractivity contribution in [3.8, 4) is 0 Å². The largest absolute Gasteiger partial charge is 0.420 e. The zero-order valence-corrected chi connectivity index (χ0v) is 17.6. The molecule has 0 aliphatic carbocycles. The molecule has 1 unspecified atom stereocenters. The highest BCUT2D eigenvalue weighted by molar-refractivity contribution is 7.89. The number of nitrogens with zero attached hydrogens (tertiary/aromatic N) is 3. The minimum atomic E-state index is -3.81. The van der Waals surface area contributed by atoms with E-state index >= 15 is 0 Å². The molecule has 1 fully saturated rings. The normalized spacial score (nSPS) is 19.1. The Morgan fingerprint density at radius 2 is 1.97 bits per heavy atom. The third-order valence-corrected chi connectivity index (χ3v) is 7.30. The average Bonchev–Trinajstić information content (AvgIpc) is 3.13. The van der Waals surface area contributed by atoms with Crippen molar-refractivity contribution in [3.05, 3.63) is 46.3 Å². The topological polar surface area (TPSA) is 98.6 Å². The third-order valence-electron chi connectivity index (χ3n) is 5.40. The molecule has 1 aromatic carbocycles. The van der Waals surface area contributed by atoms with Gasteiger partial charge in [0.25, 0.3) is 0 Å². The molecule has 0 saturated carbocycles. The fourth-order valence-corrected chi connectivity index (χ4v) is 5.69. The predicted molar refractivity (Wildman–Crippen MR) is 107 cm³/mol. The highest BCUT2D eigenvalue weighted by Gasteiger charge is 2.35. The fourth-order valence-electron chi connectivity index (χ4n) is 4.01. The Morgan fingerprint density at radius 1 is 1.17 bits per heavy atom. The lowest BCUT2D eigenvalue weighted by atomic mass is 10.1. The van der Waals surface area contributed by atoms with Gasteiger partial charge in [0.2, 0.25) is 10.0 Å². The number of fused-ring (bicyclic) bond motifs is 1. The maximum Gasteiger partial charge on any atom is 0.420 e. The molecule has 3 aromatic rings. The van der Waals surface area contributed by atoms with E-state index in [0.717, 1.165) is 19.3 Å². The van der Waals surface area contributed by atoms with Gasteiger partial charge in [0.05, 0.1) is 16.5 Å². The molecule has 0 spiro atoms. The Morgan fingerprint density at radius 3 is 2.66 bits per heavy atom. The second-order valence-electron chi connectivity index (χ2n) is 7.80. The van der Waals surface area contributed by atoms with E-state index in [-0.39, 0.29) is 22.6 Å². The summed E-state index contributed by atoms with van der Waals surface area (Å²) in [5.41, 5.74) is 1.49. The zero-order chi connectivity index (χ0) is 20.8. The Bertz CT molecular complexity index is 1190. The van der Waals surface area contributed by atoms with Gasteiger partial charge in [-0.15, -0.1) is 0 Å². The van der Waals surface area contributed by atoms with Gasteiger partial charge in [-0.3, -0.25) is 4.57 Å². The number of rotatable bonds is 4. The van der Waals surface area contributed by atoms with E-state index in [1.807, 2.05) is 13.8 Å². The van der Waals surface area contributed by atoms with E-state index in [0.29, 0.717) is 29.9 Å². The van der Waals surface area contributed by atoms with Gasteiger partial charge in [-0.25, -0.2) is 13.2 Å². The molecule has 0 bridgehead atoms. The van der Waals surface area contributed by atoms with Crippen LogP contribution in [0.4, 0.5) is 0 Å². The summed E-state index contributed by atoms with van der Waals surface area (Å²) in [6.45, 7) is 5.96. The summed E-state index contributed by atoms with van der Waals surface area (Å²) in [6.07, 6.45) is 3.36. The molecule has 2 aromatic heterocycles. The minimum absolute atomic E-state index is 0.0865. The van der Waals surface area contributed by atoms with Gasteiger partial charge in [0, 0.05) is 24.7 Å². The SMILES string of the molecule is Cc1cc(C2CCCCCN2S(=O)(=O)c2ccc3c(c2)oc(=O)n3C(C)C)no1. The van der Waals surface area contributed by atoms with E-state index < -0.39 is 15.8 Å². The summed E-state index contributed by atoms with van der Waals surface area (Å²) in [5.74, 6) is 0.162. The molecule has 8 nitrogen and oxygen atoms in total. The number of oxazole rings is 1. The number of hydrogen-bond donors (Lipinski definition) is 0. The van der Waals surface area contributed by atoms with Gasteiger partial charge in [0.15, 0.2) is 5.58 Å². The first-order valence-corrected chi connectivity index (χ1v) is 11.3. The summed E-state index contributed by atoms with van der Waals surface area (Å²) < 4.78 is 40.6. The van der Waals surface area contributed by atoms with Crippen LogP contribution in [0.25, 0.3) is 11.1 Å². The molecule has 0 radical (unpaired) electrons. The van der Waals surface area contributed by atoms with Crippen LogP contribution in [0, 0.1) is 6.92 Å². The van der Waals surface area contributed by atoms with Crippen molar-refractivity contribution < 1.29 is 17.4 Å². The summed E-state index contributed by atoms with van der Waals surface area (Å²) in [4.78, 5) is 12.3. The summed E-state index contributed by atoms with van der Waals surface area (Å²) in [5, 5.41) is 4.08. The second kappa shape index (κ2) is 7.46. The van der Waals surface area contributed by atoms with Crippen LogP contribution in [0.3, 0.4) is 0 Å². The van der Waals surface area contributed by atoms with Crippen LogP contribution in [0.15, 0.2) is 42.9 Å². The molecule has 1 aliphatic rings. The van der Waals surface area contributed by atoms with Crippen molar-refractivity contribution in [2.75, 3.05) is 6.54 Å². The van der Waals surface area contributed by atoms with E-state index in [2.05, 4.69) is 5.16 Å². The molecular formula is C20H25N3O5S. The number of benzene rings is 1. The van der Waals surface area contributed by atoms with Crippen molar-refractivity contribution >= 4 is 21.1 Å². The van der Waals surface area contributed by atoms with Crippen LogP contribution in [-0.4, -0.2) is 29.0 Å². The number of hydrogen-bond acceptors (Lipinski definition) is 6. The molecule has 9 heteroatoms. The molecule has 0 N–H and O–H groups in total. The van der Waals surface area contributed by atoms with Crippen LogP contribution in [-0.2, 0) is 10.0 Å². The number of aryl methyl sites for hydroxylation is 1. The standard InChI is InChI=1S/C20H25N3O5S/c1-13(2)23-18-9-8-15(12-19(18)27-20(23)24)29(25,26)22-10-6-4-5-7-17(22)16-11-14(3)28-21-16/h8-9,11-13,17H,4-7,10H2,1-3H3. The van der Waals surface area contributed by atoms with E-state index in [4.69, 9.17) is 8.94 Å². The van der Waals surface area contributed by atoms with Crippen LogP contribution in [0.5, 0.6) is 0 Å². The summed E-state index contributed by atoms with van der Waals surface area (Å²) >= 11 is 0. The molecule has 1 aliphatic heterocycles. The lowest BCUT2D eigenvalue weighted by Crippen LogP contribution is -2.35. The van der Waals surface area contributed by atoms with E-state index in [1.165, 1.54) is 14.9 Å². The van der Waals surface area contributed by atoms with E-state index in [1.54, 1.807) is 25.1 Å². The van der Waals surface area contributed by atoms with Gasteiger partial charge in [0.1, 0.15) is 11.5 Å². The first-order valence-electron chi connectivity index (χ1n) is 9.89. The second-order valence-corrected chi connectivity index (χ2v) is 9.70. The van der Waals surface area contributed by atoms with Crippen LogP contribution in [0.2, 0.25) is 0 Å². The number of aromatic nitrogens is 2. The van der Waals surface area contributed by atoms with Crippen LogP contribution >= 0.6 is 0 Å². The minimum Gasteiger partial charge on any atom is -0.408 e. The van der Waals surface area contributed by atoms with Gasteiger partial charge >= 0.3 is 5.76 Å². The van der Waals surface area contributed by atoms with Gasteiger partial charge in [-0.05, 0) is 45.7 Å². The zero-order valence-electron chi connectivity index (χ0n) is 16.8. The Labute approximate surface area is 169 Å². The van der Waals surface area contributed by atoms with Gasteiger partial charge in [-0.2, -0.15) is 4.31 Å². The monoisotopic (exact) mass is 419 g/mol. The Hall–Kier alpha value is -2.39. The third kappa shape index (κ3) is 3.53. The lowest BCUT2D eigenvalue weighted by Gasteiger charge is -2.27. The first-order chi connectivity index (χ1) is 13.8. The van der Waals surface area contributed by atoms with Crippen molar-refractivity contribution in [3.63, 3.8) is 0 Å². The molecule has 1 atom stereocenters. The predicted octanol–water partition coefficient (Wildman–Crippen LogP) is 3.78. The van der Waals surface area contributed by atoms with Crippen molar-refractivity contribution in [1.29, 1.82) is 0 Å².